The third-order valence-electron chi connectivity index (χ3n) is 13.4. The Balaban J connectivity index is 1.76. The largest absolute Gasteiger partial charge is 0.460 e. The molecule has 66 heavy (non-hydrogen) atoms. The first-order valence-corrected chi connectivity index (χ1v) is 24.1. The van der Waals surface area contributed by atoms with E-state index in [0.717, 1.165) is 24.0 Å². The van der Waals surface area contributed by atoms with Crippen LogP contribution in [0.1, 0.15) is 131 Å². The Morgan fingerprint density at radius 2 is 1.50 bits per heavy atom. The highest BCUT2D eigenvalue weighted by Crippen LogP contribution is 2.32. The van der Waals surface area contributed by atoms with Crippen molar-refractivity contribution in [1.29, 1.82) is 0 Å². The van der Waals surface area contributed by atoms with Gasteiger partial charge in [0.05, 0.1) is 61.2 Å². The molecule has 13 heteroatoms. The molecule has 2 aromatic rings. The second-order valence-electron chi connectivity index (χ2n) is 20.5. The first kappa shape index (κ1) is 56.2. The van der Waals surface area contributed by atoms with Gasteiger partial charge in [0.2, 0.25) is 17.7 Å². The van der Waals surface area contributed by atoms with Gasteiger partial charge >= 0.3 is 5.97 Å². The Kier molecular flexibility index (Phi) is 22.0. The van der Waals surface area contributed by atoms with Crippen molar-refractivity contribution in [3.05, 3.63) is 71.3 Å². The van der Waals surface area contributed by atoms with Gasteiger partial charge in [-0.25, -0.2) is 0 Å². The topological polar surface area (TPSA) is 155 Å². The number of methoxy groups -OCH3 is 2. The highest BCUT2D eigenvalue weighted by atomic mass is 16.6. The lowest BCUT2D eigenvalue weighted by Crippen LogP contribution is -2.54. The number of amides is 3. The van der Waals surface area contributed by atoms with Crippen LogP contribution in [0, 0.1) is 29.6 Å². The average Bonchev–Trinajstić information content (AvgIpc) is 3.74. The van der Waals surface area contributed by atoms with E-state index < -0.39 is 53.9 Å². The van der Waals surface area contributed by atoms with Crippen LogP contribution in [0.5, 0.6) is 0 Å². The molecule has 1 saturated heterocycles. The first-order chi connectivity index (χ1) is 30.9. The quantitative estimate of drug-likeness (QED) is 0.0963. The predicted molar refractivity (Wildman–Crippen MR) is 259 cm³/mol. The average molecular weight is 921 g/mol. The molecule has 2 N–H and O–H groups in total. The highest BCUT2D eigenvalue weighted by molar-refractivity contribution is 5.90. The number of carbonyl (C=O) groups is 5. The molecule has 0 saturated carbocycles. The molecule has 1 fully saturated rings. The normalized spacial score (nSPS) is 18.5. The van der Waals surface area contributed by atoms with Crippen molar-refractivity contribution >= 4 is 29.5 Å². The Morgan fingerprint density at radius 3 is 2.06 bits per heavy atom. The van der Waals surface area contributed by atoms with E-state index in [0.29, 0.717) is 25.1 Å². The van der Waals surface area contributed by atoms with Crippen LogP contribution in [0.25, 0.3) is 0 Å². The minimum atomic E-state index is -0.892. The Bertz CT molecular complexity index is 1870. The van der Waals surface area contributed by atoms with Crippen LogP contribution >= 0.6 is 0 Å². The van der Waals surface area contributed by atoms with E-state index in [1.807, 2.05) is 115 Å². The molecule has 0 radical (unpaired) electrons. The zero-order valence-electron chi connectivity index (χ0n) is 42.8. The van der Waals surface area contributed by atoms with Crippen molar-refractivity contribution in [3.8, 4) is 0 Å². The number of nitrogens with zero attached hydrogens (tertiary/aromatic N) is 3. The fraction of sp³-hybridized carbons (Fsp3) is 0.679. The summed E-state index contributed by atoms with van der Waals surface area (Å²) in [6, 6.07) is 15.1. The number of aliphatic hydroxyl groups excluding tert-OH is 1. The zero-order valence-corrected chi connectivity index (χ0v) is 42.8. The molecule has 3 rings (SSSR count). The van der Waals surface area contributed by atoms with Crippen molar-refractivity contribution in [3.63, 3.8) is 0 Å². The summed E-state index contributed by atoms with van der Waals surface area (Å²) in [5, 5.41) is 13.9. The van der Waals surface area contributed by atoms with Gasteiger partial charge in [0.25, 0.3) is 0 Å². The van der Waals surface area contributed by atoms with Gasteiger partial charge < -0.3 is 34.4 Å². The summed E-state index contributed by atoms with van der Waals surface area (Å²) in [5.74, 6) is -2.36. The number of hydrogen-bond acceptors (Lipinski definition) is 10. The summed E-state index contributed by atoms with van der Waals surface area (Å²) in [7, 11) is 6.82. The minimum absolute atomic E-state index is 0.0153. The van der Waals surface area contributed by atoms with Crippen molar-refractivity contribution < 1.29 is 43.3 Å². The van der Waals surface area contributed by atoms with Gasteiger partial charge in [0.15, 0.2) is 5.78 Å². The van der Waals surface area contributed by atoms with E-state index >= 15 is 0 Å². The third kappa shape index (κ3) is 15.7. The smallest absolute Gasteiger partial charge is 0.310 e. The minimum Gasteiger partial charge on any atom is -0.460 e. The number of nitrogens with one attached hydrogen (secondary N) is 1. The fourth-order valence-corrected chi connectivity index (χ4v) is 9.78. The Morgan fingerprint density at radius 1 is 0.864 bits per heavy atom. The molecular formula is C53H84N4O9. The summed E-state index contributed by atoms with van der Waals surface area (Å²) in [6.07, 6.45) is 0.218. The van der Waals surface area contributed by atoms with Crippen molar-refractivity contribution in [2.24, 2.45) is 29.6 Å². The number of carbonyl (C=O) groups excluding carboxylic acids is 5. The van der Waals surface area contributed by atoms with Crippen LogP contribution < -0.4 is 5.32 Å². The molecule has 1 unspecified atom stereocenters. The number of likely N-dealkylation sites (tertiary alicyclic amines) is 1. The summed E-state index contributed by atoms with van der Waals surface area (Å²) in [4.78, 5) is 75.2. The molecule has 10 atom stereocenters. The van der Waals surface area contributed by atoms with Gasteiger partial charge in [-0.3, -0.25) is 28.9 Å². The van der Waals surface area contributed by atoms with Gasteiger partial charge in [-0.1, -0.05) is 109 Å². The lowest BCUT2D eigenvalue weighted by molar-refractivity contribution is -0.154. The fourth-order valence-electron chi connectivity index (χ4n) is 9.78. The maximum atomic E-state index is 14.7. The van der Waals surface area contributed by atoms with Crippen LogP contribution in [0.15, 0.2) is 54.6 Å². The zero-order chi connectivity index (χ0) is 49.6. The van der Waals surface area contributed by atoms with Crippen LogP contribution in [0.4, 0.5) is 0 Å². The van der Waals surface area contributed by atoms with Crippen LogP contribution in [0.3, 0.4) is 0 Å². The maximum absolute atomic E-state index is 14.7. The number of aliphatic hydroxyl groups is 1. The second-order valence-corrected chi connectivity index (χ2v) is 20.5. The molecule has 3 amide bonds. The number of ether oxygens (including phenoxy) is 3. The molecular weight excluding hydrogens is 837 g/mol. The van der Waals surface area contributed by atoms with Crippen molar-refractivity contribution in [1.82, 2.24) is 20.0 Å². The maximum Gasteiger partial charge on any atom is 0.310 e. The monoisotopic (exact) mass is 921 g/mol. The summed E-state index contributed by atoms with van der Waals surface area (Å²) < 4.78 is 17.6. The van der Waals surface area contributed by atoms with E-state index in [1.165, 1.54) is 0 Å². The van der Waals surface area contributed by atoms with E-state index in [-0.39, 0.29) is 72.5 Å². The SMILES string of the molecule is CC[C@H](C)[C@@H]([C@@H](CC(=O)N1CCC[C@H]1[C@H](OC)[C@@H](C)C(=O)N[C@H](C)C(O)c1ccccc1)OC)N(C)C(=O)[C@@H](CC(=O)[C@H](C(C)C)N(C)Cc1cccc(CC(=O)OC(C)(C)C)c1)C(C)C. The van der Waals surface area contributed by atoms with Crippen LogP contribution in [-0.4, -0.2) is 126 Å². The molecule has 0 bridgehead atoms. The van der Waals surface area contributed by atoms with Gasteiger partial charge in [-0.05, 0) is 82.0 Å². The molecule has 1 aliphatic rings. The molecule has 0 aliphatic carbocycles. The van der Waals surface area contributed by atoms with Crippen LogP contribution in [0.2, 0.25) is 0 Å². The second kappa shape index (κ2) is 25.8. The number of rotatable bonds is 25. The van der Waals surface area contributed by atoms with Crippen molar-refractivity contribution in [2.75, 3.05) is 34.9 Å². The number of benzene rings is 2. The van der Waals surface area contributed by atoms with Gasteiger partial charge in [-0.2, -0.15) is 0 Å². The molecule has 1 aliphatic heterocycles. The lowest BCUT2D eigenvalue weighted by Gasteiger charge is -2.41. The van der Waals surface area contributed by atoms with E-state index in [2.05, 4.69) is 19.2 Å². The number of Topliss-reactive ketones (excluding diaryl/α,β-unsaturated/α-hetero) is 1. The van der Waals surface area contributed by atoms with Gasteiger partial charge in [0, 0.05) is 46.7 Å². The number of hydrogen-bond donors (Lipinski definition) is 2. The summed E-state index contributed by atoms with van der Waals surface area (Å²) >= 11 is 0. The standard InChI is InChI=1S/C53H84N4O9/c1-16-35(6)48(44(64-14)31-45(59)57-27-21-26-42(57)50(65-15)36(7)51(62)54-37(8)49(61)40-24-18-17-19-25-40)56(13)52(63)41(33(2)3)30-43(58)47(34(4)5)55(12)32-39-23-20-22-38(28-39)29-46(60)66-53(9,10)11/h17-20,22-25,28,33-37,41-42,44,47-50,61H,16,21,26-27,29-32H2,1-15H3,(H,54,62)/t35-,36+,37+,41-,42-,44+,47-,48-,49?,50+/m0/s1. The van der Waals surface area contributed by atoms with E-state index in [1.54, 1.807) is 44.9 Å². The molecule has 13 nitrogen and oxygen atoms in total. The number of likely N-dealkylation sites (N-methyl/N-ethyl adjacent to an activating group) is 2. The first-order valence-electron chi connectivity index (χ1n) is 24.1. The number of ketones is 1. The molecule has 370 valence electrons. The third-order valence-corrected chi connectivity index (χ3v) is 13.4. The lowest BCUT2D eigenvalue weighted by atomic mass is 9.83. The van der Waals surface area contributed by atoms with E-state index in [4.69, 9.17) is 14.2 Å². The molecule has 0 spiro atoms. The Labute approximate surface area is 396 Å². The highest BCUT2D eigenvalue weighted by Gasteiger charge is 2.43. The van der Waals surface area contributed by atoms with Gasteiger partial charge in [-0.15, -0.1) is 0 Å². The summed E-state index contributed by atoms with van der Waals surface area (Å²) in [6.45, 7) is 22.1. The summed E-state index contributed by atoms with van der Waals surface area (Å²) in [5.41, 5.74) is 1.93. The van der Waals surface area contributed by atoms with Gasteiger partial charge in [0.1, 0.15) is 5.60 Å². The molecule has 1 heterocycles. The van der Waals surface area contributed by atoms with Crippen LogP contribution in [-0.2, 0) is 51.1 Å². The Hall–Kier alpha value is -4.17. The molecule has 2 aromatic carbocycles. The van der Waals surface area contributed by atoms with E-state index in [9.17, 15) is 29.1 Å². The number of esters is 1. The molecule has 0 aromatic heterocycles. The van der Waals surface area contributed by atoms with Crippen molar-refractivity contribution in [2.45, 2.75) is 169 Å². The predicted octanol–water partition coefficient (Wildman–Crippen LogP) is 7.42.